The molecule has 94 valence electrons. The predicted molar refractivity (Wildman–Crippen MR) is 71.4 cm³/mol. The van der Waals surface area contributed by atoms with Crippen molar-refractivity contribution in [2.75, 3.05) is 0 Å². The van der Waals surface area contributed by atoms with Crippen LogP contribution in [0.3, 0.4) is 0 Å². The highest BCUT2D eigenvalue weighted by Crippen LogP contribution is 2.50. The molecule has 2 fully saturated rings. The molecular formula is C13H20BrN3. The molecule has 0 aromatic carbocycles. The van der Waals surface area contributed by atoms with Gasteiger partial charge in [0.15, 0.2) is 0 Å². The van der Waals surface area contributed by atoms with Gasteiger partial charge < -0.3 is 5.73 Å². The third-order valence-corrected chi connectivity index (χ3v) is 5.34. The number of hydrogen-bond donors (Lipinski definition) is 1. The standard InChI is InChI=1S/C13H20BrN3/c1-17-13(11(14)7-16-17)12(15)6-10-5-8-2-3-9(10)4-8/h7-10,12H,2-6,15H2,1H3. The number of nitrogens with zero attached hydrogens (tertiary/aromatic N) is 2. The van der Waals surface area contributed by atoms with Crippen molar-refractivity contribution >= 4 is 15.9 Å². The molecule has 3 nitrogen and oxygen atoms in total. The molecule has 1 aromatic heterocycles. The van der Waals surface area contributed by atoms with Crippen LogP contribution in [0.1, 0.15) is 43.8 Å². The Kier molecular flexibility index (Phi) is 3.03. The maximum Gasteiger partial charge on any atom is 0.0690 e. The minimum Gasteiger partial charge on any atom is -0.323 e. The van der Waals surface area contributed by atoms with E-state index in [1.807, 2.05) is 17.9 Å². The van der Waals surface area contributed by atoms with Gasteiger partial charge in [0.25, 0.3) is 0 Å². The smallest absolute Gasteiger partial charge is 0.0690 e. The third-order valence-electron chi connectivity index (χ3n) is 4.73. The van der Waals surface area contributed by atoms with Crippen LogP contribution in [0.4, 0.5) is 0 Å². The van der Waals surface area contributed by atoms with E-state index < -0.39 is 0 Å². The maximum atomic E-state index is 6.36. The molecular weight excluding hydrogens is 278 g/mol. The molecule has 0 spiro atoms. The third kappa shape index (κ3) is 2.06. The van der Waals surface area contributed by atoms with E-state index in [1.165, 1.54) is 25.7 Å². The molecule has 4 atom stereocenters. The van der Waals surface area contributed by atoms with Crippen LogP contribution in [0.15, 0.2) is 10.7 Å². The summed E-state index contributed by atoms with van der Waals surface area (Å²) in [5.41, 5.74) is 7.51. The first-order chi connectivity index (χ1) is 8.15. The van der Waals surface area contributed by atoms with Gasteiger partial charge in [-0.3, -0.25) is 4.68 Å². The summed E-state index contributed by atoms with van der Waals surface area (Å²) in [6.45, 7) is 0. The van der Waals surface area contributed by atoms with E-state index in [0.29, 0.717) is 0 Å². The van der Waals surface area contributed by atoms with Gasteiger partial charge in [0.2, 0.25) is 0 Å². The minimum absolute atomic E-state index is 0.126. The van der Waals surface area contributed by atoms with Crippen molar-refractivity contribution in [2.45, 2.75) is 38.1 Å². The zero-order chi connectivity index (χ0) is 12.0. The minimum atomic E-state index is 0.126. The molecule has 2 saturated carbocycles. The second kappa shape index (κ2) is 4.39. The highest BCUT2D eigenvalue weighted by Gasteiger charge is 2.40. The van der Waals surface area contributed by atoms with Crippen LogP contribution in [0, 0.1) is 17.8 Å². The summed E-state index contributed by atoms with van der Waals surface area (Å²) in [5, 5.41) is 4.25. The van der Waals surface area contributed by atoms with Crippen molar-refractivity contribution < 1.29 is 0 Å². The van der Waals surface area contributed by atoms with Crippen LogP contribution in [0.25, 0.3) is 0 Å². The lowest BCUT2D eigenvalue weighted by molar-refractivity contribution is 0.292. The molecule has 1 heterocycles. The molecule has 2 bridgehead atoms. The molecule has 2 N–H and O–H groups in total. The van der Waals surface area contributed by atoms with Crippen molar-refractivity contribution in [1.82, 2.24) is 9.78 Å². The average molecular weight is 298 g/mol. The SMILES string of the molecule is Cn1ncc(Br)c1C(N)CC1CC2CCC1C2. The Morgan fingerprint density at radius 1 is 1.53 bits per heavy atom. The highest BCUT2D eigenvalue weighted by atomic mass is 79.9. The first kappa shape index (κ1) is 11.7. The number of halogens is 1. The first-order valence-electron chi connectivity index (χ1n) is 6.58. The van der Waals surface area contributed by atoms with Gasteiger partial charge in [0.1, 0.15) is 0 Å². The van der Waals surface area contributed by atoms with Crippen LogP contribution in [0.2, 0.25) is 0 Å². The summed E-state index contributed by atoms with van der Waals surface area (Å²) in [7, 11) is 1.97. The summed E-state index contributed by atoms with van der Waals surface area (Å²) in [5.74, 6) is 2.82. The maximum absolute atomic E-state index is 6.36. The second-order valence-corrected chi connectivity index (χ2v) is 6.63. The van der Waals surface area contributed by atoms with Crippen molar-refractivity contribution in [2.24, 2.45) is 30.5 Å². The Labute approximate surface area is 111 Å². The van der Waals surface area contributed by atoms with Crippen LogP contribution < -0.4 is 5.73 Å². The van der Waals surface area contributed by atoms with Gasteiger partial charge in [0, 0.05) is 13.1 Å². The number of aryl methyl sites for hydroxylation is 1. The summed E-state index contributed by atoms with van der Waals surface area (Å²) in [4.78, 5) is 0. The van der Waals surface area contributed by atoms with E-state index in [4.69, 9.17) is 5.73 Å². The second-order valence-electron chi connectivity index (χ2n) is 5.78. The highest BCUT2D eigenvalue weighted by molar-refractivity contribution is 9.10. The van der Waals surface area contributed by atoms with Gasteiger partial charge in [-0.05, 0) is 59.4 Å². The lowest BCUT2D eigenvalue weighted by Gasteiger charge is -2.25. The summed E-state index contributed by atoms with van der Waals surface area (Å²) < 4.78 is 2.96. The summed E-state index contributed by atoms with van der Waals surface area (Å²) in [6, 6.07) is 0.126. The Morgan fingerprint density at radius 2 is 2.35 bits per heavy atom. The molecule has 4 heteroatoms. The number of rotatable bonds is 3. The van der Waals surface area contributed by atoms with Crippen molar-refractivity contribution in [3.63, 3.8) is 0 Å². The number of nitrogens with two attached hydrogens (primary N) is 1. The van der Waals surface area contributed by atoms with Gasteiger partial charge in [-0.25, -0.2) is 0 Å². The van der Waals surface area contributed by atoms with E-state index in [2.05, 4.69) is 21.0 Å². The van der Waals surface area contributed by atoms with Crippen molar-refractivity contribution in [3.8, 4) is 0 Å². The first-order valence-corrected chi connectivity index (χ1v) is 7.37. The topological polar surface area (TPSA) is 43.8 Å². The van der Waals surface area contributed by atoms with Gasteiger partial charge in [-0.2, -0.15) is 5.10 Å². The Bertz CT molecular complexity index is 395. The summed E-state index contributed by atoms with van der Waals surface area (Å²) >= 11 is 3.54. The molecule has 0 radical (unpaired) electrons. The van der Waals surface area contributed by atoms with Gasteiger partial charge in [0.05, 0.1) is 16.4 Å². The molecule has 0 aliphatic heterocycles. The largest absolute Gasteiger partial charge is 0.323 e. The zero-order valence-electron chi connectivity index (χ0n) is 10.3. The fraction of sp³-hybridized carbons (Fsp3) is 0.769. The van der Waals surface area contributed by atoms with E-state index in [-0.39, 0.29) is 6.04 Å². The fourth-order valence-electron chi connectivity index (χ4n) is 3.94. The fourth-order valence-corrected chi connectivity index (χ4v) is 4.58. The molecule has 3 rings (SSSR count). The monoisotopic (exact) mass is 297 g/mol. The molecule has 0 amide bonds. The van der Waals surface area contributed by atoms with Gasteiger partial charge in [-0.1, -0.05) is 6.42 Å². The normalized spacial score (nSPS) is 33.2. The molecule has 2 aliphatic carbocycles. The Hall–Kier alpha value is -0.350. The Morgan fingerprint density at radius 3 is 2.88 bits per heavy atom. The van der Waals surface area contributed by atoms with E-state index >= 15 is 0 Å². The van der Waals surface area contributed by atoms with Crippen LogP contribution in [-0.2, 0) is 7.05 Å². The predicted octanol–water partition coefficient (Wildman–Crippen LogP) is 3.01. The lowest BCUT2D eigenvalue weighted by atomic mass is 9.84. The molecule has 17 heavy (non-hydrogen) atoms. The van der Waals surface area contributed by atoms with E-state index in [0.717, 1.165) is 34.3 Å². The molecule has 2 aliphatic rings. The van der Waals surface area contributed by atoms with E-state index in [9.17, 15) is 0 Å². The number of aromatic nitrogens is 2. The van der Waals surface area contributed by atoms with Crippen molar-refractivity contribution in [3.05, 3.63) is 16.4 Å². The van der Waals surface area contributed by atoms with Gasteiger partial charge in [-0.15, -0.1) is 0 Å². The Balaban J connectivity index is 1.69. The molecule has 1 aromatic rings. The van der Waals surface area contributed by atoms with Gasteiger partial charge >= 0.3 is 0 Å². The quantitative estimate of drug-likeness (QED) is 0.932. The van der Waals surface area contributed by atoms with E-state index in [1.54, 1.807) is 0 Å². The number of fused-ring (bicyclic) bond motifs is 2. The molecule has 4 unspecified atom stereocenters. The molecule has 0 saturated heterocycles. The number of hydrogen-bond acceptors (Lipinski definition) is 2. The average Bonchev–Trinajstić information content (AvgIpc) is 2.94. The van der Waals surface area contributed by atoms with Crippen LogP contribution in [0.5, 0.6) is 0 Å². The summed E-state index contributed by atoms with van der Waals surface area (Å²) in [6.07, 6.45) is 8.74. The van der Waals surface area contributed by atoms with Crippen molar-refractivity contribution in [1.29, 1.82) is 0 Å². The lowest BCUT2D eigenvalue weighted by Crippen LogP contribution is -2.21. The zero-order valence-corrected chi connectivity index (χ0v) is 11.9. The van der Waals surface area contributed by atoms with Crippen LogP contribution >= 0.6 is 15.9 Å². The van der Waals surface area contributed by atoms with Crippen LogP contribution in [-0.4, -0.2) is 9.78 Å².